The Morgan fingerprint density at radius 1 is 1.37 bits per heavy atom. The van der Waals surface area contributed by atoms with Crippen LogP contribution in [0.1, 0.15) is 5.56 Å². The van der Waals surface area contributed by atoms with Crippen LogP contribution in [0.15, 0.2) is 9.59 Å². The van der Waals surface area contributed by atoms with Crippen molar-refractivity contribution in [2.24, 2.45) is 0 Å². The molecule has 8 nitrogen and oxygen atoms in total. The normalized spacial score (nSPS) is 34.7. The van der Waals surface area contributed by atoms with Crippen LogP contribution >= 0.6 is 22.6 Å². The van der Waals surface area contributed by atoms with Crippen molar-refractivity contribution in [3.05, 3.63) is 30.1 Å². The summed E-state index contributed by atoms with van der Waals surface area (Å²) in [7, 11) is 0. The summed E-state index contributed by atoms with van der Waals surface area (Å²) in [5.74, 6) is -3.01. The van der Waals surface area contributed by atoms with E-state index in [4.69, 9.17) is 9.84 Å². The van der Waals surface area contributed by atoms with E-state index in [9.17, 15) is 24.2 Å². The van der Waals surface area contributed by atoms with Gasteiger partial charge in [-0.2, -0.15) is 0 Å². The lowest BCUT2D eigenvalue weighted by molar-refractivity contribution is -0.188. The molecule has 1 aliphatic rings. The topological polar surface area (TPSA) is 136 Å². The van der Waals surface area contributed by atoms with E-state index in [-0.39, 0.29) is 3.70 Å². The van der Waals surface area contributed by atoms with E-state index < -0.39 is 47.6 Å². The summed E-state index contributed by atoms with van der Waals surface area (Å²) in [6, 6.07) is 0. The molecular weight excluding hydrogens is 378 g/mol. The third kappa shape index (κ3) is 2.23. The van der Waals surface area contributed by atoms with Crippen LogP contribution in [0.4, 0.5) is 4.39 Å². The van der Waals surface area contributed by atoms with Crippen LogP contribution in [0.3, 0.4) is 0 Å². The Morgan fingerprint density at radius 3 is 2.47 bits per heavy atom. The van der Waals surface area contributed by atoms with Gasteiger partial charge in [0.15, 0.2) is 0 Å². The zero-order valence-electron chi connectivity index (χ0n) is 9.26. The second kappa shape index (κ2) is 4.94. The van der Waals surface area contributed by atoms with E-state index in [0.29, 0.717) is 0 Å². The molecular formula is C9H10FIN2O6. The molecule has 1 aromatic heterocycles. The highest BCUT2D eigenvalue weighted by atomic mass is 127. The highest BCUT2D eigenvalue weighted by molar-refractivity contribution is 14.1. The molecule has 5 N–H and O–H groups in total. The summed E-state index contributed by atoms with van der Waals surface area (Å²) < 4.78 is 19.3. The Morgan fingerprint density at radius 2 is 2.00 bits per heavy atom. The molecule has 2 rings (SSSR count). The summed E-state index contributed by atoms with van der Waals surface area (Å²) in [6.07, 6.45) is -5.13. The number of nitrogens with one attached hydrogen (secondary N) is 2. The van der Waals surface area contributed by atoms with E-state index in [1.807, 2.05) is 0 Å². The van der Waals surface area contributed by atoms with E-state index in [1.165, 1.54) is 22.6 Å². The van der Waals surface area contributed by atoms with E-state index >= 15 is 0 Å². The standard InChI is InChI=1S/C9H10FIN2O6/c10-9(5(16)4(15)2(1-14)19-9)3-6(11)12-8(18)13-7(3)17/h2,4-5,14-16H,1H2,(H2,12,13,17,18)/t2-,4-,5+,9?/m1/s1. The maximum atomic E-state index is 14.7. The van der Waals surface area contributed by atoms with E-state index in [2.05, 4.69) is 4.98 Å². The lowest BCUT2D eigenvalue weighted by Crippen LogP contribution is -2.43. The molecule has 0 bridgehead atoms. The minimum absolute atomic E-state index is 0.168. The van der Waals surface area contributed by atoms with Gasteiger partial charge >= 0.3 is 5.69 Å². The van der Waals surface area contributed by atoms with Gasteiger partial charge in [-0.25, -0.2) is 9.18 Å². The van der Waals surface area contributed by atoms with Crippen molar-refractivity contribution in [3.63, 3.8) is 0 Å². The predicted molar refractivity (Wildman–Crippen MR) is 67.2 cm³/mol. The summed E-state index contributed by atoms with van der Waals surface area (Å²) in [5, 5.41) is 28.1. The van der Waals surface area contributed by atoms with Crippen molar-refractivity contribution in [2.75, 3.05) is 6.61 Å². The Hall–Kier alpha value is -0.820. The van der Waals surface area contributed by atoms with Gasteiger partial charge in [0.2, 0.25) is 0 Å². The fraction of sp³-hybridized carbons (Fsp3) is 0.556. The first-order valence-electron chi connectivity index (χ1n) is 5.17. The quantitative estimate of drug-likeness (QED) is 0.291. The second-order valence-corrected chi connectivity index (χ2v) is 5.10. The number of rotatable bonds is 2. The summed E-state index contributed by atoms with van der Waals surface area (Å²) >= 11 is 1.50. The fourth-order valence-electron chi connectivity index (χ4n) is 1.90. The zero-order chi connectivity index (χ0) is 14.4. The molecule has 0 aliphatic carbocycles. The summed E-state index contributed by atoms with van der Waals surface area (Å²) in [4.78, 5) is 26.6. The molecule has 0 radical (unpaired) electrons. The summed E-state index contributed by atoms with van der Waals surface area (Å²) in [6.45, 7) is -0.734. The number of aliphatic hydroxyl groups is 3. The molecule has 106 valence electrons. The van der Waals surface area contributed by atoms with Crippen molar-refractivity contribution in [3.8, 4) is 0 Å². The van der Waals surface area contributed by atoms with E-state index in [0.717, 1.165) is 0 Å². The molecule has 1 saturated heterocycles. The number of H-pyrrole nitrogens is 2. The third-order valence-corrected chi connectivity index (χ3v) is 3.63. The van der Waals surface area contributed by atoms with Crippen LogP contribution in [0.2, 0.25) is 0 Å². The lowest BCUT2D eigenvalue weighted by atomic mass is 10.0. The smallest absolute Gasteiger partial charge is 0.326 e. The highest BCUT2D eigenvalue weighted by Crippen LogP contribution is 2.40. The van der Waals surface area contributed by atoms with Gasteiger partial charge < -0.3 is 25.0 Å². The van der Waals surface area contributed by atoms with Crippen molar-refractivity contribution < 1.29 is 24.4 Å². The average Bonchev–Trinajstić information content (AvgIpc) is 2.53. The maximum Gasteiger partial charge on any atom is 0.326 e. The molecule has 1 aliphatic heterocycles. The minimum Gasteiger partial charge on any atom is -0.394 e. The molecule has 19 heavy (non-hydrogen) atoms. The van der Waals surface area contributed by atoms with Gasteiger partial charge in [-0.15, -0.1) is 0 Å². The minimum atomic E-state index is -3.01. The molecule has 0 saturated carbocycles. The van der Waals surface area contributed by atoms with Gasteiger partial charge in [-0.05, 0) is 22.6 Å². The number of hydrogen-bond acceptors (Lipinski definition) is 6. The number of aromatic amines is 2. The monoisotopic (exact) mass is 388 g/mol. The Kier molecular flexibility index (Phi) is 3.79. The van der Waals surface area contributed by atoms with Gasteiger partial charge in [-0.3, -0.25) is 9.78 Å². The third-order valence-electron chi connectivity index (χ3n) is 2.83. The molecule has 0 amide bonds. The van der Waals surface area contributed by atoms with Crippen LogP contribution in [-0.2, 0) is 10.6 Å². The number of aliphatic hydroxyl groups excluding tert-OH is 3. The lowest BCUT2D eigenvalue weighted by Gasteiger charge is -2.23. The van der Waals surface area contributed by atoms with Crippen molar-refractivity contribution in [1.82, 2.24) is 9.97 Å². The van der Waals surface area contributed by atoms with Crippen LogP contribution < -0.4 is 11.2 Å². The van der Waals surface area contributed by atoms with Gasteiger partial charge in [0.25, 0.3) is 11.4 Å². The maximum absolute atomic E-state index is 14.7. The molecule has 2 heterocycles. The van der Waals surface area contributed by atoms with Gasteiger partial charge in [0.05, 0.1) is 10.3 Å². The Balaban J connectivity index is 2.59. The molecule has 10 heteroatoms. The Labute approximate surface area is 118 Å². The van der Waals surface area contributed by atoms with Crippen LogP contribution in [-0.4, -0.2) is 50.2 Å². The first-order valence-corrected chi connectivity index (χ1v) is 6.25. The van der Waals surface area contributed by atoms with Crippen LogP contribution in [0.25, 0.3) is 0 Å². The predicted octanol–water partition coefficient (Wildman–Crippen LogP) is -2.10. The SMILES string of the molecule is O=c1[nH]c(I)c(C2(F)O[C@H](CO)[C@@H](O)[C@@H]2O)c(=O)[nH]1. The zero-order valence-corrected chi connectivity index (χ0v) is 11.4. The largest absolute Gasteiger partial charge is 0.394 e. The molecule has 1 aromatic rings. The first-order chi connectivity index (χ1) is 8.81. The van der Waals surface area contributed by atoms with Gasteiger partial charge in [0, 0.05) is 0 Å². The number of ether oxygens (including phenoxy) is 1. The van der Waals surface area contributed by atoms with Gasteiger partial charge in [-0.1, -0.05) is 0 Å². The summed E-state index contributed by atoms with van der Waals surface area (Å²) in [5.41, 5.74) is -2.58. The van der Waals surface area contributed by atoms with Crippen LogP contribution in [0.5, 0.6) is 0 Å². The van der Waals surface area contributed by atoms with Crippen molar-refractivity contribution >= 4 is 22.6 Å². The number of alkyl halides is 1. The van der Waals surface area contributed by atoms with Crippen molar-refractivity contribution in [2.45, 2.75) is 24.2 Å². The van der Waals surface area contributed by atoms with Crippen LogP contribution in [0, 0.1) is 3.70 Å². The second-order valence-electron chi connectivity index (χ2n) is 4.02. The first kappa shape index (κ1) is 14.6. The number of aromatic nitrogens is 2. The number of halogens is 2. The average molecular weight is 388 g/mol. The fourth-order valence-corrected chi connectivity index (χ4v) is 2.76. The molecule has 1 unspecified atom stereocenters. The molecule has 1 fully saturated rings. The molecule has 0 spiro atoms. The van der Waals surface area contributed by atoms with E-state index in [1.54, 1.807) is 4.98 Å². The highest BCUT2D eigenvalue weighted by Gasteiger charge is 2.58. The molecule has 0 aromatic carbocycles. The van der Waals surface area contributed by atoms with Crippen molar-refractivity contribution in [1.29, 1.82) is 0 Å². The Bertz CT molecular complexity index is 603. The van der Waals surface area contributed by atoms with Gasteiger partial charge in [0.1, 0.15) is 23.9 Å². The number of hydrogen-bond donors (Lipinski definition) is 5. The molecule has 4 atom stereocenters.